The molecule has 1 unspecified atom stereocenters. The van der Waals surface area contributed by atoms with Crippen LogP contribution >= 0.6 is 11.6 Å². The molecular weight excluding hydrogens is 300 g/mol. The maximum Gasteiger partial charge on any atom is 0.143 e. The number of aromatic amines is 1. The lowest BCUT2D eigenvalue weighted by atomic mass is 10.1. The zero-order valence-corrected chi connectivity index (χ0v) is 13.1. The van der Waals surface area contributed by atoms with Gasteiger partial charge >= 0.3 is 0 Å². The Hall–Kier alpha value is -2.11. The topological polar surface area (TPSA) is 73.8 Å². The van der Waals surface area contributed by atoms with Crippen molar-refractivity contribution in [3.05, 3.63) is 52.4 Å². The van der Waals surface area contributed by atoms with Crippen molar-refractivity contribution >= 4 is 28.5 Å². The number of anilines is 1. The van der Waals surface area contributed by atoms with Crippen LogP contribution in [0.2, 0.25) is 5.02 Å². The second kappa shape index (κ2) is 5.94. The molecule has 6 heteroatoms. The van der Waals surface area contributed by atoms with Crippen molar-refractivity contribution < 1.29 is 5.11 Å². The zero-order valence-electron chi connectivity index (χ0n) is 12.4. The molecular formula is C16H17ClN4O. The van der Waals surface area contributed by atoms with Crippen LogP contribution in [0, 0.1) is 13.8 Å². The SMILES string of the molecule is Cc1nc(NCC(O)c2ccc(Cl)cc2)c2cc(C)[nH]c2n1. The summed E-state index contributed by atoms with van der Waals surface area (Å²) in [4.78, 5) is 12.0. The van der Waals surface area contributed by atoms with Crippen LogP contribution in [-0.2, 0) is 0 Å². The average molecular weight is 317 g/mol. The summed E-state index contributed by atoms with van der Waals surface area (Å²) in [5.74, 6) is 1.40. The molecule has 3 N–H and O–H groups in total. The minimum absolute atomic E-state index is 0.359. The van der Waals surface area contributed by atoms with Crippen molar-refractivity contribution in [3.63, 3.8) is 0 Å². The van der Waals surface area contributed by atoms with Crippen LogP contribution < -0.4 is 5.32 Å². The summed E-state index contributed by atoms with van der Waals surface area (Å²) in [6.45, 7) is 4.18. The fraction of sp³-hybridized carbons (Fsp3) is 0.250. The number of aliphatic hydroxyl groups excluding tert-OH is 1. The molecule has 2 aromatic heterocycles. The molecule has 0 bridgehead atoms. The maximum atomic E-state index is 10.3. The summed E-state index contributed by atoms with van der Waals surface area (Å²) in [6, 6.07) is 9.16. The number of hydrogen-bond donors (Lipinski definition) is 3. The highest BCUT2D eigenvalue weighted by Crippen LogP contribution is 2.22. The Morgan fingerprint density at radius 2 is 1.95 bits per heavy atom. The Bertz CT molecular complexity index is 798. The lowest BCUT2D eigenvalue weighted by Crippen LogP contribution is -2.13. The highest BCUT2D eigenvalue weighted by atomic mass is 35.5. The highest BCUT2D eigenvalue weighted by Gasteiger charge is 2.11. The van der Waals surface area contributed by atoms with Crippen LogP contribution in [0.15, 0.2) is 30.3 Å². The van der Waals surface area contributed by atoms with Crippen molar-refractivity contribution in [2.45, 2.75) is 20.0 Å². The van der Waals surface area contributed by atoms with E-state index in [-0.39, 0.29) is 0 Å². The van der Waals surface area contributed by atoms with Gasteiger partial charge in [-0.2, -0.15) is 0 Å². The molecule has 0 aliphatic rings. The van der Waals surface area contributed by atoms with Gasteiger partial charge in [-0.05, 0) is 37.6 Å². The van der Waals surface area contributed by atoms with E-state index in [9.17, 15) is 5.11 Å². The number of aryl methyl sites for hydroxylation is 2. The van der Waals surface area contributed by atoms with E-state index in [0.29, 0.717) is 17.4 Å². The zero-order chi connectivity index (χ0) is 15.7. The number of H-pyrrole nitrogens is 1. The first-order valence-electron chi connectivity index (χ1n) is 7.04. The van der Waals surface area contributed by atoms with Crippen molar-refractivity contribution in [3.8, 4) is 0 Å². The molecule has 22 heavy (non-hydrogen) atoms. The van der Waals surface area contributed by atoms with E-state index in [1.54, 1.807) is 12.1 Å². The van der Waals surface area contributed by atoms with Crippen molar-refractivity contribution in [1.82, 2.24) is 15.0 Å². The van der Waals surface area contributed by atoms with E-state index in [1.165, 1.54) is 0 Å². The van der Waals surface area contributed by atoms with Gasteiger partial charge < -0.3 is 15.4 Å². The molecule has 0 saturated carbocycles. The number of aromatic nitrogens is 3. The third-order valence-electron chi connectivity index (χ3n) is 3.45. The van der Waals surface area contributed by atoms with Gasteiger partial charge in [0.15, 0.2) is 0 Å². The third kappa shape index (κ3) is 3.05. The van der Waals surface area contributed by atoms with E-state index in [2.05, 4.69) is 20.3 Å². The Morgan fingerprint density at radius 3 is 2.68 bits per heavy atom. The minimum atomic E-state index is -0.636. The maximum absolute atomic E-state index is 10.3. The van der Waals surface area contributed by atoms with Crippen LogP contribution in [0.3, 0.4) is 0 Å². The van der Waals surface area contributed by atoms with Crippen LogP contribution in [0.25, 0.3) is 11.0 Å². The summed E-state index contributed by atoms with van der Waals surface area (Å²) in [5, 5.41) is 15.0. The predicted molar refractivity (Wildman–Crippen MR) is 88.3 cm³/mol. The Balaban J connectivity index is 1.80. The van der Waals surface area contributed by atoms with E-state index in [0.717, 1.165) is 28.1 Å². The van der Waals surface area contributed by atoms with Crippen LogP contribution in [0.5, 0.6) is 0 Å². The number of hydrogen-bond acceptors (Lipinski definition) is 4. The first-order chi connectivity index (χ1) is 10.5. The summed E-state index contributed by atoms with van der Waals surface area (Å²) in [7, 11) is 0. The molecule has 2 heterocycles. The Labute approximate surface area is 133 Å². The number of fused-ring (bicyclic) bond motifs is 1. The molecule has 0 spiro atoms. The fourth-order valence-electron chi connectivity index (χ4n) is 2.38. The number of benzene rings is 1. The first kappa shape index (κ1) is 14.8. The van der Waals surface area contributed by atoms with Crippen LogP contribution in [0.1, 0.15) is 23.2 Å². The number of halogens is 1. The number of aliphatic hydroxyl groups is 1. The molecule has 0 aliphatic carbocycles. The van der Waals surface area contributed by atoms with E-state index in [1.807, 2.05) is 32.0 Å². The van der Waals surface area contributed by atoms with Gasteiger partial charge in [0.1, 0.15) is 17.3 Å². The molecule has 0 fully saturated rings. The van der Waals surface area contributed by atoms with E-state index in [4.69, 9.17) is 11.6 Å². The van der Waals surface area contributed by atoms with Crippen LogP contribution in [0.4, 0.5) is 5.82 Å². The molecule has 0 amide bonds. The molecule has 114 valence electrons. The number of nitrogens with one attached hydrogen (secondary N) is 2. The largest absolute Gasteiger partial charge is 0.387 e. The molecule has 0 saturated heterocycles. The fourth-order valence-corrected chi connectivity index (χ4v) is 2.51. The van der Waals surface area contributed by atoms with Gasteiger partial charge in [0.2, 0.25) is 0 Å². The smallest absolute Gasteiger partial charge is 0.143 e. The second-order valence-corrected chi connectivity index (χ2v) is 5.72. The van der Waals surface area contributed by atoms with Gasteiger partial charge in [0.25, 0.3) is 0 Å². The summed E-state index contributed by atoms with van der Waals surface area (Å²) in [5.41, 5.74) is 2.63. The number of rotatable bonds is 4. The highest BCUT2D eigenvalue weighted by molar-refractivity contribution is 6.30. The first-order valence-corrected chi connectivity index (χ1v) is 7.42. The summed E-state index contributed by atoms with van der Waals surface area (Å²) < 4.78 is 0. The average Bonchev–Trinajstić information content (AvgIpc) is 2.85. The van der Waals surface area contributed by atoms with Crippen molar-refractivity contribution in [2.75, 3.05) is 11.9 Å². The van der Waals surface area contributed by atoms with Crippen LogP contribution in [-0.4, -0.2) is 26.6 Å². The number of nitrogens with zero attached hydrogens (tertiary/aromatic N) is 2. The minimum Gasteiger partial charge on any atom is -0.387 e. The molecule has 3 aromatic rings. The second-order valence-electron chi connectivity index (χ2n) is 5.28. The summed E-state index contributed by atoms with van der Waals surface area (Å²) in [6.07, 6.45) is -0.636. The molecule has 5 nitrogen and oxygen atoms in total. The van der Waals surface area contributed by atoms with Gasteiger partial charge in [-0.1, -0.05) is 23.7 Å². The standard InChI is InChI=1S/C16H17ClN4O/c1-9-7-13-15(20-10(2)21-16(13)19-9)18-8-14(22)11-3-5-12(17)6-4-11/h3-7,14,22H,8H2,1-2H3,(H2,18,19,20,21). The predicted octanol–water partition coefficient (Wildman–Crippen LogP) is 3.37. The van der Waals surface area contributed by atoms with Crippen molar-refractivity contribution in [2.24, 2.45) is 0 Å². The lowest BCUT2D eigenvalue weighted by Gasteiger charge is -2.13. The monoisotopic (exact) mass is 316 g/mol. The Morgan fingerprint density at radius 1 is 1.23 bits per heavy atom. The Kier molecular flexibility index (Phi) is 4.00. The lowest BCUT2D eigenvalue weighted by molar-refractivity contribution is 0.191. The quantitative estimate of drug-likeness (QED) is 0.690. The summed E-state index contributed by atoms with van der Waals surface area (Å²) >= 11 is 5.86. The van der Waals surface area contributed by atoms with Gasteiger partial charge in [-0.3, -0.25) is 0 Å². The molecule has 1 atom stereocenters. The van der Waals surface area contributed by atoms with Gasteiger partial charge in [-0.25, -0.2) is 9.97 Å². The van der Waals surface area contributed by atoms with E-state index >= 15 is 0 Å². The third-order valence-corrected chi connectivity index (χ3v) is 3.70. The normalized spacial score (nSPS) is 12.5. The van der Waals surface area contributed by atoms with Gasteiger partial charge in [-0.15, -0.1) is 0 Å². The molecule has 1 aromatic carbocycles. The molecule has 3 rings (SSSR count). The van der Waals surface area contributed by atoms with E-state index < -0.39 is 6.10 Å². The van der Waals surface area contributed by atoms with Crippen molar-refractivity contribution in [1.29, 1.82) is 0 Å². The molecule has 0 aliphatic heterocycles. The van der Waals surface area contributed by atoms with Gasteiger partial charge in [0.05, 0.1) is 11.5 Å². The molecule has 0 radical (unpaired) electrons. The van der Waals surface area contributed by atoms with Gasteiger partial charge in [0, 0.05) is 17.3 Å².